The van der Waals surface area contributed by atoms with Crippen molar-refractivity contribution in [2.45, 2.75) is 19.6 Å². The maximum absolute atomic E-state index is 12.2. The summed E-state index contributed by atoms with van der Waals surface area (Å²) in [7, 11) is 1.90. The van der Waals surface area contributed by atoms with E-state index in [0.717, 1.165) is 17.9 Å². The molecule has 128 valence electrons. The monoisotopic (exact) mass is 329 g/mol. The van der Waals surface area contributed by atoms with Crippen LogP contribution in [-0.4, -0.2) is 51.8 Å². The van der Waals surface area contributed by atoms with Gasteiger partial charge >= 0.3 is 0 Å². The number of morpholine rings is 1. The Hall–Kier alpha value is -2.25. The average molecular weight is 329 g/mol. The SMILES string of the molecule is Cc1cccc(CNC(=O)CN2CCO[C@H](c3nncn3C)C2)c1. The van der Waals surface area contributed by atoms with Gasteiger partial charge in [0.05, 0.1) is 13.2 Å². The minimum atomic E-state index is -0.143. The van der Waals surface area contributed by atoms with E-state index in [1.165, 1.54) is 5.56 Å². The molecule has 0 radical (unpaired) electrons. The van der Waals surface area contributed by atoms with Crippen LogP contribution < -0.4 is 5.32 Å². The Morgan fingerprint density at radius 3 is 3.08 bits per heavy atom. The quantitative estimate of drug-likeness (QED) is 0.879. The van der Waals surface area contributed by atoms with Crippen LogP contribution in [0.25, 0.3) is 0 Å². The van der Waals surface area contributed by atoms with Gasteiger partial charge in [-0.05, 0) is 12.5 Å². The topological polar surface area (TPSA) is 72.3 Å². The fourth-order valence-corrected chi connectivity index (χ4v) is 2.87. The third-order valence-electron chi connectivity index (χ3n) is 4.12. The predicted molar refractivity (Wildman–Crippen MR) is 89.2 cm³/mol. The third-order valence-corrected chi connectivity index (χ3v) is 4.12. The molecule has 0 aliphatic carbocycles. The second-order valence-corrected chi connectivity index (χ2v) is 6.16. The molecule has 1 aliphatic rings. The molecule has 1 N–H and O–H groups in total. The molecule has 0 unspecified atom stereocenters. The number of hydrogen-bond donors (Lipinski definition) is 1. The van der Waals surface area contributed by atoms with E-state index < -0.39 is 0 Å². The zero-order valence-corrected chi connectivity index (χ0v) is 14.1. The van der Waals surface area contributed by atoms with Crippen molar-refractivity contribution >= 4 is 5.91 Å². The van der Waals surface area contributed by atoms with Crippen LogP contribution in [0, 0.1) is 6.92 Å². The minimum Gasteiger partial charge on any atom is -0.368 e. The molecule has 0 saturated carbocycles. The normalized spacial score (nSPS) is 18.5. The Morgan fingerprint density at radius 1 is 1.46 bits per heavy atom. The molecule has 7 nitrogen and oxygen atoms in total. The molecule has 1 aromatic heterocycles. The van der Waals surface area contributed by atoms with E-state index in [1.807, 2.05) is 36.7 Å². The molecule has 1 amide bonds. The molecule has 1 fully saturated rings. The fraction of sp³-hybridized carbons (Fsp3) is 0.471. The minimum absolute atomic E-state index is 0.0233. The lowest BCUT2D eigenvalue weighted by Crippen LogP contribution is -2.44. The molecule has 0 bridgehead atoms. The van der Waals surface area contributed by atoms with E-state index in [4.69, 9.17) is 4.74 Å². The van der Waals surface area contributed by atoms with Crippen LogP contribution in [0.5, 0.6) is 0 Å². The van der Waals surface area contributed by atoms with Gasteiger partial charge in [0.25, 0.3) is 0 Å². The Morgan fingerprint density at radius 2 is 2.33 bits per heavy atom. The first-order chi connectivity index (χ1) is 11.6. The van der Waals surface area contributed by atoms with E-state index in [1.54, 1.807) is 6.33 Å². The van der Waals surface area contributed by atoms with Crippen molar-refractivity contribution in [2.24, 2.45) is 7.05 Å². The van der Waals surface area contributed by atoms with E-state index in [9.17, 15) is 4.79 Å². The molecule has 2 aromatic rings. The number of nitrogens with zero attached hydrogens (tertiary/aromatic N) is 4. The number of nitrogens with one attached hydrogen (secondary N) is 1. The van der Waals surface area contributed by atoms with Gasteiger partial charge in [0, 0.05) is 26.7 Å². The highest BCUT2D eigenvalue weighted by Gasteiger charge is 2.26. The summed E-state index contributed by atoms with van der Waals surface area (Å²) >= 11 is 0. The van der Waals surface area contributed by atoms with Crippen molar-refractivity contribution in [1.29, 1.82) is 0 Å². The van der Waals surface area contributed by atoms with Crippen LogP contribution >= 0.6 is 0 Å². The van der Waals surface area contributed by atoms with E-state index >= 15 is 0 Å². The van der Waals surface area contributed by atoms with Gasteiger partial charge in [0.2, 0.25) is 5.91 Å². The molecule has 1 atom stereocenters. The maximum Gasteiger partial charge on any atom is 0.234 e. The number of aromatic nitrogens is 3. The zero-order chi connectivity index (χ0) is 16.9. The summed E-state index contributed by atoms with van der Waals surface area (Å²) in [6, 6.07) is 8.15. The zero-order valence-electron chi connectivity index (χ0n) is 14.1. The first-order valence-electron chi connectivity index (χ1n) is 8.12. The lowest BCUT2D eigenvalue weighted by molar-refractivity contribution is -0.124. The Bertz CT molecular complexity index is 700. The van der Waals surface area contributed by atoms with E-state index in [0.29, 0.717) is 26.2 Å². The third kappa shape index (κ3) is 4.18. The van der Waals surface area contributed by atoms with Crippen LogP contribution in [0.15, 0.2) is 30.6 Å². The van der Waals surface area contributed by atoms with Crippen molar-refractivity contribution in [1.82, 2.24) is 25.0 Å². The van der Waals surface area contributed by atoms with Gasteiger partial charge in [-0.15, -0.1) is 10.2 Å². The Balaban J connectivity index is 1.50. The molecule has 1 aliphatic heterocycles. The molecule has 2 heterocycles. The van der Waals surface area contributed by atoms with Crippen LogP contribution in [-0.2, 0) is 23.1 Å². The summed E-state index contributed by atoms with van der Waals surface area (Å²) in [6.45, 7) is 4.94. The van der Waals surface area contributed by atoms with Gasteiger partial charge in [0.1, 0.15) is 12.4 Å². The standard InChI is InChI=1S/C17H23N5O2/c1-13-4-3-5-14(8-13)9-18-16(23)11-22-6-7-24-15(10-22)17-20-19-12-21(17)2/h3-5,8,12,15H,6-7,9-11H2,1-2H3,(H,18,23)/t15-/m0/s1. The van der Waals surface area contributed by atoms with Crippen molar-refractivity contribution < 1.29 is 9.53 Å². The second kappa shape index (κ2) is 7.55. The highest BCUT2D eigenvalue weighted by Crippen LogP contribution is 2.19. The van der Waals surface area contributed by atoms with Crippen LogP contribution in [0.3, 0.4) is 0 Å². The number of carbonyl (C=O) groups excluding carboxylic acids is 1. The molecule has 7 heteroatoms. The van der Waals surface area contributed by atoms with E-state index in [2.05, 4.69) is 26.5 Å². The Kier molecular flexibility index (Phi) is 5.22. The molecule has 24 heavy (non-hydrogen) atoms. The van der Waals surface area contributed by atoms with Gasteiger partial charge in [0.15, 0.2) is 5.82 Å². The predicted octanol–water partition coefficient (Wildman–Crippen LogP) is 0.813. The highest BCUT2D eigenvalue weighted by molar-refractivity contribution is 5.78. The van der Waals surface area contributed by atoms with Crippen LogP contribution in [0.2, 0.25) is 0 Å². The maximum atomic E-state index is 12.2. The van der Waals surface area contributed by atoms with Gasteiger partial charge < -0.3 is 14.6 Å². The number of aryl methyl sites for hydroxylation is 2. The van der Waals surface area contributed by atoms with Gasteiger partial charge in [-0.2, -0.15) is 0 Å². The highest BCUT2D eigenvalue weighted by atomic mass is 16.5. The molecule has 0 spiro atoms. The van der Waals surface area contributed by atoms with Crippen molar-refractivity contribution in [3.05, 3.63) is 47.5 Å². The van der Waals surface area contributed by atoms with Gasteiger partial charge in [-0.3, -0.25) is 9.69 Å². The second-order valence-electron chi connectivity index (χ2n) is 6.16. The van der Waals surface area contributed by atoms with Gasteiger partial charge in [-0.25, -0.2) is 0 Å². The number of ether oxygens (including phenoxy) is 1. The average Bonchev–Trinajstić information content (AvgIpc) is 2.99. The largest absolute Gasteiger partial charge is 0.368 e. The molecular formula is C17H23N5O2. The van der Waals surface area contributed by atoms with Crippen LogP contribution in [0.1, 0.15) is 23.1 Å². The fourth-order valence-electron chi connectivity index (χ4n) is 2.87. The van der Waals surface area contributed by atoms with Crippen LogP contribution in [0.4, 0.5) is 0 Å². The summed E-state index contributed by atoms with van der Waals surface area (Å²) in [5, 5.41) is 11.0. The molecule has 1 saturated heterocycles. The number of amides is 1. The number of carbonyl (C=O) groups is 1. The molecule has 3 rings (SSSR count). The molecular weight excluding hydrogens is 306 g/mol. The summed E-state index contributed by atoms with van der Waals surface area (Å²) < 4.78 is 7.61. The van der Waals surface area contributed by atoms with Crippen molar-refractivity contribution in [2.75, 3.05) is 26.2 Å². The number of benzene rings is 1. The smallest absolute Gasteiger partial charge is 0.234 e. The van der Waals surface area contributed by atoms with Crippen molar-refractivity contribution in [3.63, 3.8) is 0 Å². The lowest BCUT2D eigenvalue weighted by atomic mass is 10.1. The number of hydrogen-bond acceptors (Lipinski definition) is 5. The molecule has 1 aromatic carbocycles. The summed E-state index contributed by atoms with van der Waals surface area (Å²) in [4.78, 5) is 14.3. The first kappa shape index (κ1) is 16.6. The summed E-state index contributed by atoms with van der Waals surface area (Å²) in [5.74, 6) is 0.815. The van der Waals surface area contributed by atoms with E-state index in [-0.39, 0.29) is 12.0 Å². The number of rotatable bonds is 5. The summed E-state index contributed by atoms with van der Waals surface area (Å²) in [5.41, 5.74) is 2.31. The van der Waals surface area contributed by atoms with Crippen molar-refractivity contribution in [3.8, 4) is 0 Å². The summed E-state index contributed by atoms with van der Waals surface area (Å²) in [6.07, 6.45) is 1.52. The lowest BCUT2D eigenvalue weighted by Gasteiger charge is -2.31. The van der Waals surface area contributed by atoms with Gasteiger partial charge in [-0.1, -0.05) is 29.8 Å². The Labute approximate surface area is 141 Å². The first-order valence-corrected chi connectivity index (χ1v) is 8.12.